The van der Waals surface area contributed by atoms with Crippen LogP contribution in [0.25, 0.3) is 0 Å². The first kappa shape index (κ1) is 14.2. The van der Waals surface area contributed by atoms with Crippen LogP contribution in [0.2, 0.25) is 0 Å². The van der Waals surface area contributed by atoms with Gasteiger partial charge in [0.25, 0.3) is 5.69 Å². The number of nitrogens with zero attached hydrogens (tertiary/aromatic N) is 1. The Balaban J connectivity index is 3.36. The van der Waals surface area contributed by atoms with Crippen LogP contribution in [0.3, 0.4) is 0 Å². The number of hydrogen-bond acceptors (Lipinski definition) is 5. The zero-order valence-electron chi connectivity index (χ0n) is 8.34. The topological polar surface area (TPSA) is 113 Å². The van der Waals surface area contributed by atoms with Gasteiger partial charge >= 0.3 is 16.5 Å². The van der Waals surface area contributed by atoms with Crippen molar-refractivity contribution in [3.8, 4) is 5.75 Å². The fourth-order valence-corrected chi connectivity index (χ4v) is 1.40. The van der Waals surface area contributed by atoms with Crippen molar-refractivity contribution in [2.75, 3.05) is 0 Å². The summed E-state index contributed by atoms with van der Waals surface area (Å²) in [4.78, 5) is 9.28. The van der Waals surface area contributed by atoms with Crippen LogP contribution in [-0.4, -0.2) is 13.3 Å². The Morgan fingerprint density at radius 1 is 1.28 bits per heavy atom. The lowest BCUT2D eigenvalue weighted by Crippen LogP contribution is -2.19. The molecule has 0 fully saturated rings. The van der Waals surface area contributed by atoms with Gasteiger partial charge in [0.2, 0.25) is 0 Å². The maximum Gasteiger partial charge on any atom is 0.416 e. The van der Waals surface area contributed by atoms with Crippen molar-refractivity contribution in [1.82, 2.24) is 0 Å². The molecular weight excluding hydrogens is 281 g/mol. The minimum absolute atomic E-state index is 0.246. The van der Waals surface area contributed by atoms with E-state index in [0.29, 0.717) is 6.07 Å². The van der Waals surface area contributed by atoms with Crippen LogP contribution < -0.4 is 9.32 Å². The normalized spacial score (nSPS) is 12.2. The minimum Gasteiger partial charge on any atom is -0.371 e. The van der Waals surface area contributed by atoms with E-state index in [1.54, 1.807) is 0 Å². The van der Waals surface area contributed by atoms with E-state index in [9.17, 15) is 31.7 Å². The number of alkyl halides is 3. The summed E-state index contributed by atoms with van der Waals surface area (Å²) in [5, 5.41) is 14.9. The molecule has 0 saturated carbocycles. The third-order valence-electron chi connectivity index (χ3n) is 1.64. The second-order valence-electron chi connectivity index (χ2n) is 3.05. The molecule has 0 aromatic heterocycles. The van der Waals surface area contributed by atoms with E-state index < -0.39 is 38.4 Å². The lowest BCUT2D eigenvalue weighted by Gasteiger charge is -2.08. The van der Waals surface area contributed by atoms with E-state index in [0.717, 1.165) is 0 Å². The molecule has 0 saturated heterocycles. The maximum atomic E-state index is 12.4. The molecule has 0 aliphatic carbocycles. The van der Waals surface area contributed by atoms with Crippen LogP contribution >= 0.6 is 0 Å². The number of nitrogens with two attached hydrogens (primary N) is 1. The van der Waals surface area contributed by atoms with Crippen LogP contribution in [0.15, 0.2) is 18.2 Å². The van der Waals surface area contributed by atoms with Crippen LogP contribution in [0, 0.1) is 10.1 Å². The molecule has 0 atom stereocenters. The molecule has 7 nitrogen and oxygen atoms in total. The number of nitro benzene ring substituents is 1. The highest BCUT2D eigenvalue weighted by atomic mass is 32.2. The molecule has 1 aromatic carbocycles. The van der Waals surface area contributed by atoms with Crippen molar-refractivity contribution in [2.45, 2.75) is 6.18 Å². The molecule has 1 rings (SSSR count). The van der Waals surface area contributed by atoms with Gasteiger partial charge in [0.1, 0.15) is 0 Å². The fourth-order valence-electron chi connectivity index (χ4n) is 1.03. The van der Waals surface area contributed by atoms with Gasteiger partial charge in [-0.3, -0.25) is 10.1 Å². The zero-order chi connectivity index (χ0) is 14.1. The maximum absolute atomic E-state index is 12.4. The van der Waals surface area contributed by atoms with Gasteiger partial charge in [0.05, 0.1) is 16.6 Å². The first-order valence-corrected chi connectivity index (χ1v) is 5.55. The highest BCUT2D eigenvalue weighted by Crippen LogP contribution is 2.34. The van der Waals surface area contributed by atoms with Crippen molar-refractivity contribution in [1.29, 1.82) is 0 Å². The largest absolute Gasteiger partial charge is 0.416 e. The second kappa shape index (κ2) is 4.42. The molecule has 0 spiro atoms. The summed E-state index contributed by atoms with van der Waals surface area (Å²) < 4.78 is 62.2. The molecule has 0 amide bonds. The van der Waals surface area contributed by atoms with Crippen LogP contribution in [0.4, 0.5) is 18.9 Å². The number of nitro groups is 1. The molecule has 0 aliphatic heterocycles. The molecule has 0 bridgehead atoms. The van der Waals surface area contributed by atoms with E-state index in [-0.39, 0.29) is 12.1 Å². The van der Waals surface area contributed by atoms with Crippen molar-refractivity contribution in [2.24, 2.45) is 5.14 Å². The summed E-state index contributed by atoms with van der Waals surface area (Å²) in [6.45, 7) is 0. The second-order valence-corrected chi connectivity index (χ2v) is 4.20. The Bertz CT molecular complexity index is 583. The van der Waals surface area contributed by atoms with E-state index in [2.05, 4.69) is 9.32 Å². The average molecular weight is 286 g/mol. The average Bonchev–Trinajstić information content (AvgIpc) is 2.12. The minimum atomic E-state index is -4.89. The Morgan fingerprint density at radius 3 is 2.22 bits per heavy atom. The van der Waals surface area contributed by atoms with E-state index in [4.69, 9.17) is 0 Å². The molecule has 2 N–H and O–H groups in total. The monoisotopic (exact) mass is 286 g/mol. The van der Waals surface area contributed by atoms with Crippen molar-refractivity contribution in [3.05, 3.63) is 33.9 Å². The number of rotatable bonds is 3. The summed E-state index contributed by atoms with van der Waals surface area (Å²) in [5.41, 5.74) is -2.39. The first-order chi connectivity index (χ1) is 7.99. The Hall–Kier alpha value is -1.88. The van der Waals surface area contributed by atoms with Gasteiger partial charge < -0.3 is 4.18 Å². The number of halogens is 3. The highest BCUT2D eigenvalue weighted by Gasteiger charge is 2.33. The molecule has 0 radical (unpaired) electrons. The standard InChI is InChI=1S/C7H5F3N2O5S/c8-7(9,10)4-1-5(12(13)14)3-6(2-4)17-18(11,15)16/h1-3H,(H2,11,15,16). The smallest absolute Gasteiger partial charge is 0.371 e. The molecule has 100 valence electrons. The molecule has 1 aromatic rings. The Morgan fingerprint density at radius 2 is 1.83 bits per heavy atom. The number of hydrogen-bond donors (Lipinski definition) is 1. The zero-order valence-corrected chi connectivity index (χ0v) is 9.16. The summed E-state index contributed by atoms with van der Waals surface area (Å²) in [6, 6.07) is 1.05. The third-order valence-corrected chi connectivity index (χ3v) is 2.07. The van der Waals surface area contributed by atoms with E-state index in [1.165, 1.54) is 0 Å². The van der Waals surface area contributed by atoms with Crippen molar-refractivity contribution in [3.63, 3.8) is 0 Å². The molecular formula is C7H5F3N2O5S. The predicted molar refractivity (Wildman–Crippen MR) is 51.8 cm³/mol. The van der Waals surface area contributed by atoms with Gasteiger partial charge in [-0.2, -0.15) is 26.7 Å². The summed E-state index contributed by atoms with van der Waals surface area (Å²) in [5.74, 6) is -0.890. The molecule has 0 unspecified atom stereocenters. The molecule has 0 heterocycles. The number of benzene rings is 1. The third kappa shape index (κ3) is 3.85. The lowest BCUT2D eigenvalue weighted by molar-refractivity contribution is -0.385. The van der Waals surface area contributed by atoms with Gasteiger partial charge in [-0.15, -0.1) is 0 Å². The van der Waals surface area contributed by atoms with Crippen LogP contribution in [0.1, 0.15) is 5.56 Å². The molecule has 11 heteroatoms. The predicted octanol–water partition coefficient (Wildman–Crippen LogP) is 1.20. The number of non-ortho nitro benzene ring substituents is 1. The molecule has 0 aliphatic rings. The van der Waals surface area contributed by atoms with Gasteiger partial charge in [-0.05, 0) is 6.07 Å². The summed E-state index contributed by atoms with van der Waals surface area (Å²) in [6.07, 6.45) is -4.89. The summed E-state index contributed by atoms with van der Waals surface area (Å²) >= 11 is 0. The SMILES string of the molecule is NS(=O)(=O)Oc1cc([N+](=O)[O-])cc(C(F)(F)F)c1. The fraction of sp³-hybridized carbons (Fsp3) is 0.143. The van der Waals surface area contributed by atoms with Crippen molar-refractivity contribution < 1.29 is 30.7 Å². The Kier molecular flexibility index (Phi) is 3.48. The van der Waals surface area contributed by atoms with Gasteiger partial charge in [-0.25, -0.2) is 0 Å². The highest BCUT2D eigenvalue weighted by molar-refractivity contribution is 7.84. The van der Waals surface area contributed by atoms with Gasteiger partial charge in [0, 0.05) is 6.07 Å². The van der Waals surface area contributed by atoms with Gasteiger partial charge in [-0.1, -0.05) is 0 Å². The lowest BCUT2D eigenvalue weighted by atomic mass is 10.2. The van der Waals surface area contributed by atoms with Crippen molar-refractivity contribution >= 4 is 16.0 Å². The van der Waals surface area contributed by atoms with Gasteiger partial charge in [0.15, 0.2) is 5.75 Å². The van der Waals surface area contributed by atoms with Crippen LogP contribution in [0.5, 0.6) is 5.75 Å². The first-order valence-electron chi connectivity index (χ1n) is 4.08. The summed E-state index contributed by atoms with van der Waals surface area (Å²) in [7, 11) is -4.57. The van der Waals surface area contributed by atoms with Crippen LogP contribution in [-0.2, 0) is 16.5 Å². The Labute approximate surface area is 98.4 Å². The van der Waals surface area contributed by atoms with E-state index in [1.807, 2.05) is 0 Å². The van der Waals surface area contributed by atoms with E-state index >= 15 is 0 Å². The molecule has 18 heavy (non-hydrogen) atoms. The quantitative estimate of drug-likeness (QED) is 0.662.